The first kappa shape index (κ1) is 40.5. The summed E-state index contributed by atoms with van der Waals surface area (Å²) >= 11 is 0. The number of fused-ring (bicyclic) bond motifs is 6. The first-order chi connectivity index (χ1) is 27.8. The smallest absolute Gasteiger partial charge is 0.411 e. The summed E-state index contributed by atoms with van der Waals surface area (Å²) in [5.74, 6) is -1.65. The molecule has 1 saturated heterocycles. The van der Waals surface area contributed by atoms with E-state index in [0.29, 0.717) is 46.2 Å². The molecule has 3 atom stereocenters. The van der Waals surface area contributed by atoms with E-state index in [1.165, 1.54) is 6.07 Å². The Labute approximate surface area is 345 Å². The summed E-state index contributed by atoms with van der Waals surface area (Å²) in [5, 5.41) is 0. The van der Waals surface area contributed by atoms with E-state index in [1.54, 1.807) is 29.3 Å². The van der Waals surface area contributed by atoms with Gasteiger partial charge in [-0.3, -0.25) is 4.90 Å². The lowest BCUT2D eigenvalue weighted by Crippen LogP contribution is -2.43. The second-order valence-electron chi connectivity index (χ2n) is 18.9. The minimum absolute atomic E-state index is 0.0422. The maximum Gasteiger partial charge on any atom is 0.411 e. The molecule has 3 aromatic carbocycles. The molecule has 10 nitrogen and oxygen atoms in total. The van der Waals surface area contributed by atoms with Crippen molar-refractivity contribution in [2.24, 2.45) is 11.3 Å². The molecule has 0 spiro atoms. The van der Waals surface area contributed by atoms with Gasteiger partial charge in [0.25, 0.3) is 5.92 Å². The summed E-state index contributed by atoms with van der Waals surface area (Å²) < 4.78 is 44.4. The molecule has 3 fully saturated rings. The average molecular weight is 807 g/mol. The van der Waals surface area contributed by atoms with Crippen molar-refractivity contribution in [2.45, 2.75) is 130 Å². The predicted octanol–water partition coefficient (Wildman–Crippen LogP) is 11.8. The third-order valence-corrected chi connectivity index (χ3v) is 11.9. The Morgan fingerprint density at radius 2 is 1.49 bits per heavy atom. The van der Waals surface area contributed by atoms with Gasteiger partial charge in [0.2, 0.25) is 0 Å². The minimum atomic E-state index is -3.23. The van der Waals surface area contributed by atoms with Crippen molar-refractivity contribution < 1.29 is 27.8 Å². The van der Waals surface area contributed by atoms with Crippen molar-refractivity contribution in [1.29, 1.82) is 0 Å². The molecule has 2 saturated carbocycles. The van der Waals surface area contributed by atoms with E-state index in [9.17, 15) is 9.59 Å². The van der Waals surface area contributed by atoms with Crippen LogP contribution in [0, 0.1) is 11.3 Å². The lowest BCUT2D eigenvalue weighted by molar-refractivity contribution is 0.00615. The first-order valence-electron chi connectivity index (χ1n) is 21.0. The Morgan fingerprint density at radius 3 is 2.15 bits per heavy atom. The van der Waals surface area contributed by atoms with Crippen molar-refractivity contribution >= 4 is 23.2 Å². The molecule has 0 radical (unpaired) electrons. The molecule has 12 heteroatoms. The van der Waals surface area contributed by atoms with Crippen molar-refractivity contribution in [3.05, 3.63) is 83.6 Å². The monoisotopic (exact) mass is 806 g/mol. The summed E-state index contributed by atoms with van der Waals surface area (Å²) in [6, 6.07) is 16.1. The van der Waals surface area contributed by atoms with Gasteiger partial charge in [-0.2, -0.15) is 8.78 Å². The molecule has 2 amide bonds. The van der Waals surface area contributed by atoms with Gasteiger partial charge < -0.3 is 24.3 Å². The molecule has 4 aliphatic rings. The second-order valence-corrected chi connectivity index (χ2v) is 18.9. The Kier molecular flexibility index (Phi) is 9.94. The highest BCUT2D eigenvalue weighted by Crippen LogP contribution is 2.53. The zero-order valence-electron chi connectivity index (χ0n) is 35.6. The average Bonchev–Trinajstić information content (AvgIpc) is 3.74. The standard InChI is InChI=1S/C45H50F2N6O4.C2H6/c1-42(2,3)56-40(54)52(24-44(7)16-17-44)23-37-48-22-36(49-37)27-10-14-31-30-13-9-25(19-32(30)45(46,47)33(31)20-27)26-11-15-34-35(21-26)51-39(50-34)38-28-8-12-29(18-28)53(38)41(55)57-43(4,5)6;1-2/h9-11,13-15,19-22,28-29,38H,8,12,16-18,23-24H2,1-7H3,(H,48,49)(H,50,51);1-2H3/t28-,29+,38-;/m0./s1. The number of rotatable bonds is 7. The van der Waals surface area contributed by atoms with Crippen LogP contribution in [0.4, 0.5) is 18.4 Å². The molecule has 0 unspecified atom stereocenters. The Morgan fingerprint density at radius 1 is 0.864 bits per heavy atom. The van der Waals surface area contributed by atoms with Crippen molar-refractivity contribution in [2.75, 3.05) is 6.54 Å². The Bertz CT molecular complexity index is 2420. The summed E-state index contributed by atoms with van der Waals surface area (Å²) in [6.07, 6.45) is 5.91. The van der Waals surface area contributed by atoms with E-state index in [-0.39, 0.29) is 41.3 Å². The second kappa shape index (κ2) is 14.5. The number of imidazole rings is 2. The summed E-state index contributed by atoms with van der Waals surface area (Å²) in [5.41, 5.74) is 3.87. The van der Waals surface area contributed by atoms with Crippen LogP contribution in [0.25, 0.3) is 44.5 Å². The minimum Gasteiger partial charge on any atom is -0.444 e. The fraction of sp³-hybridized carbons (Fsp3) is 0.489. The van der Waals surface area contributed by atoms with Crippen LogP contribution in [0.3, 0.4) is 0 Å². The molecule has 312 valence electrons. The highest BCUT2D eigenvalue weighted by molar-refractivity contribution is 5.87. The van der Waals surface area contributed by atoms with Crippen LogP contribution in [0.15, 0.2) is 60.8 Å². The molecule has 9 rings (SSSR count). The number of aromatic nitrogens is 4. The van der Waals surface area contributed by atoms with Crippen LogP contribution >= 0.6 is 0 Å². The quantitative estimate of drug-likeness (QED) is 0.169. The molecule has 1 aliphatic heterocycles. The molecule has 2 N–H and O–H groups in total. The van der Waals surface area contributed by atoms with Crippen LogP contribution in [0.1, 0.15) is 123 Å². The zero-order chi connectivity index (χ0) is 42.2. The third kappa shape index (κ3) is 7.82. The number of amides is 2. The van der Waals surface area contributed by atoms with Gasteiger partial charge in [0, 0.05) is 29.3 Å². The van der Waals surface area contributed by atoms with Crippen molar-refractivity contribution in [1.82, 2.24) is 29.7 Å². The first-order valence-corrected chi connectivity index (χ1v) is 21.0. The Hall–Kier alpha value is -5.26. The summed E-state index contributed by atoms with van der Waals surface area (Å²) in [7, 11) is 0. The molecule has 2 aromatic heterocycles. The number of aromatic amines is 2. The fourth-order valence-electron chi connectivity index (χ4n) is 8.95. The number of nitrogens with one attached hydrogen (secondary N) is 2. The number of carbonyl (C=O) groups excluding carboxylic acids is 2. The lowest BCUT2D eigenvalue weighted by Gasteiger charge is -2.35. The SMILES string of the molecule is CC.CC1(CN(Cc2ncc(-c3ccc4c(c3)C(F)(F)c3cc(-c5ccc6nc([C@@H]7[C@H]8CC[C@H](C8)N7C(=O)OC(C)(C)C)[nH]c6c5)ccc3-4)[nH]2)C(=O)OC(C)(C)C)CC1. The number of likely N-dealkylation sites (tertiary alicyclic amines) is 1. The number of alkyl halides is 2. The number of benzene rings is 3. The van der Waals surface area contributed by atoms with Crippen molar-refractivity contribution in [3.8, 4) is 33.5 Å². The van der Waals surface area contributed by atoms with Gasteiger partial charge in [-0.05, 0) is 131 Å². The van der Waals surface area contributed by atoms with Crippen molar-refractivity contribution in [3.63, 3.8) is 0 Å². The molecule has 3 aliphatic carbocycles. The van der Waals surface area contributed by atoms with Crippen LogP contribution in [0.5, 0.6) is 0 Å². The maximum absolute atomic E-state index is 16.5. The normalized spacial score (nSPS) is 20.8. The van der Waals surface area contributed by atoms with Gasteiger partial charge in [-0.25, -0.2) is 19.6 Å². The van der Waals surface area contributed by atoms with Gasteiger partial charge in [-0.1, -0.05) is 51.1 Å². The molecule has 3 heterocycles. The molecule has 2 bridgehead atoms. The summed E-state index contributed by atoms with van der Waals surface area (Å²) in [4.78, 5) is 46.2. The van der Waals surface area contributed by atoms with Gasteiger partial charge in [0.1, 0.15) is 22.9 Å². The maximum atomic E-state index is 16.5. The number of carbonyl (C=O) groups is 2. The van der Waals surface area contributed by atoms with Crippen LogP contribution in [0.2, 0.25) is 0 Å². The van der Waals surface area contributed by atoms with E-state index < -0.39 is 23.2 Å². The van der Waals surface area contributed by atoms with E-state index in [2.05, 4.69) is 21.9 Å². The largest absolute Gasteiger partial charge is 0.444 e. The molecular weight excluding hydrogens is 751 g/mol. The Balaban J connectivity index is 0.00000238. The van der Waals surface area contributed by atoms with E-state index in [1.807, 2.05) is 90.6 Å². The number of H-pyrrole nitrogens is 2. The fourth-order valence-corrected chi connectivity index (χ4v) is 8.95. The van der Waals surface area contributed by atoms with Gasteiger partial charge >= 0.3 is 12.2 Å². The van der Waals surface area contributed by atoms with Crippen LogP contribution in [-0.2, 0) is 21.9 Å². The number of nitrogens with zero attached hydrogens (tertiary/aromatic N) is 4. The van der Waals surface area contributed by atoms with Gasteiger partial charge in [0.05, 0.1) is 35.5 Å². The highest BCUT2D eigenvalue weighted by atomic mass is 19.3. The predicted molar refractivity (Wildman–Crippen MR) is 225 cm³/mol. The van der Waals surface area contributed by atoms with Gasteiger partial charge in [0.15, 0.2) is 0 Å². The van der Waals surface area contributed by atoms with Gasteiger partial charge in [-0.15, -0.1) is 0 Å². The summed E-state index contributed by atoms with van der Waals surface area (Å²) in [6.45, 7) is 18.1. The topological polar surface area (TPSA) is 116 Å². The highest BCUT2D eigenvalue weighted by Gasteiger charge is 2.51. The van der Waals surface area contributed by atoms with Crippen LogP contribution < -0.4 is 0 Å². The van der Waals surface area contributed by atoms with E-state index >= 15 is 8.78 Å². The van der Waals surface area contributed by atoms with E-state index in [4.69, 9.17) is 14.5 Å². The van der Waals surface area contributed by atoms with E-state index in [0.717, 1.165) is 54.5 Å². The lowest BCUT2D eigenvalue weighted by atomic mass is 9.98. The number of hydrogen-bond acceptors (Lipinski definition) is 6. The third-order valence-electron chi connectivity index (χ3n) is 11.9. The number of piperidine rings is 1. The molecular formula is C47H56F2N6O4. The molecule has 59 heavy (non-hydrogen) atoms. The van der Waals surface area contributed by atoms with Crippen LogP contribution in [-0.4, -0.2) is 65.7 Å². The molecule has 5 aromatic rings. The number of halogens is 2. The zero-order valence-corrected chi connectivity index (χ0v) is 35.6. The number of hydrogen-bond donors (Lipinski definition) is 2. The number of ether oxygens (including phenoxy) is 2.